The Morgan fingerprint density at radius 3 is 1.48 bits per heavy atom. The lowest BCUT2D eigenvalue weighted by Gasteiger charge is -2.35. The molecule has 0 aliphatic heterocycles. The van der Waals surface area contributed by atoms with E-state index in [1.807, 2.05) is 11.3 Å². The zero-order chi connectivity index (χ0) is 46.9. The molecular weight excluding hydrogens is 875 g/mol. The molecule has 0 spiro atoms. The summed E-state index contributed by atoms with van der Waals surface area (Å²) in [7, 11) is 0. The molecule has 2 heteroatoms. The predicted molar refractivity (Wildman–Crippen MR) is 303 cm³/mol. The van der Waals surface area contributed by atoms with Crippen molar-refractivity contribution in [3.05, 3.63) is 295 Å². The minimum absolute atomic E-state index is 0.508. The standard InChI is InChI=1S/C69H45NS/c1-3-19-46(20-4-1)48-21-17-22-49(45-48)66-60-30-9-7-25-55(60)56-26-8-10-31-61(56)67(66)70(52-41-37-47(38-42-52)54-32-18-33-62-59-29-13-16-36-65(59)71-68(54)62)53-43-39-51(40-44-53)69(50-23-5-2-6-24-50)63-34-14-11-27-57(63)58-28-12-15-35-64(58)69/h1-45H. The SMILES string of the molecule is c1ccc(-c2cccc(-c3c(N(c4ccc(-c5cccc6c5sc5ccccc56)cc4)c4ccc(C5(c6ccccc6)c6ccccc6-c6ccccc65)cc4)c4ccccc4c4ccccc34)c2)cc1. The maximum absolute atomic E-state index is 2.53. The van der Waals surface area contributed by atoms with Crippen LogP contribution in [0.3, 0.4) is 0 Å². The first-order valence-electron chi connectivity index (χ1n) is 24.5. The van der Waals surface area contributed by atoms with Gasteiger partial charge in [0, 0.05) is 42.5 Å². The van der Waals surface area contributed by atoms with E-state index in [1.54, 1.807) is 0 Å². The van der Waals surface area contributed by atoms with E-state index in [2.05, 4.69) is 278 Å². The summed E-state index contributed by atoms with van der Waals surface area (Å²) in [5.41, 5.74) is 17.7. The Labute approximate surface area is 417 Å². The van der Waals surface area contributed by atoms with Gasteiger partial charge in [-0.05, 0) is 114 Å². The lowest BCUT2D eigenvalue weighted by molar-refractivity contribution is 0.768. The summed E-state index contributed by atoms with van der Waals surface area (Å²) in [4.78, 5) is 2.53. The molecule has 0 atom stereocenters. The van der Waals surface area contributed by atoms with Gasteiger partial charge in [0.25, 0.3) is 0 Å². The van der Waals surface area contributed by atoms with E-state index >= 15 is 0 Å². The van der Waals surface area contributed by atoms with Gasteiger partial charge in [-0.25, -0.2) is 0 Å². The number of rotatable bonds is 8. The molecule has 1 nitrogen and oxygen atoms in total. The molecule has 0 fully saturated rings. The fourth-order valence-electron chi connectivity index (χ4n) is 11.9. The molecule has 0 unspecified atom stereocenters. The molecule has 0 N–H and O–H groups in total. The van der Waals surface area contributed by atoms with Crippen LogP contribution in [0.1, 0.15) is 22.3 Å². The van der Waals surface area contributed by atoms with Crippen LogP contribution in [0.4, 0.5) is 17.1 Å². The van der Waals surface area contributed by atoms with Gasteiger partial charge >= 0.3 is 0 Å². The zero-order valence-corrected chi connectivity index (χ0v) is 39.7. The second-order valence-electron chi connectivity index (χ2n) is 18.7. The van der Waals surface area contributed by atoms with E-state index < -0.39 is 5.41 Å². The van der Waals surface area contributed by atoms with Gasteiger partial charge in [-0.1, -0.05) is 237 Å². The van der Waals surface area contributed by atoms with E-state index in [-0.39, 0.29) is 0 Å². The Kier molecular flexibility index (Phi) is 9.69. The third-order valence-electron chi connectivity index (χ3n) is 14.9. The predicted octanol–water partition coefficient (Wildman–Crippen LogP) is 19.2. The summed E-state index contributed by atoms with van der Waals surface area (Å²) in [6.45, 7) is 0. The van der Waals surface area contributed by atoms with Gasteiger partial charge in [-0.3, -0.25) is 0 Å². The molecular formula is C69H45NS. The summed E-state index contributed by atoms with van der Waals surface area (Å²) in [5.74, 6) is 0. The summed E-state index contributed by atoms with van der Waals surface area (Å²) in [6, 6.07) is 101. The normalized spacial score (nSPS) is 12.6. The molecule has 12 aromatic carbocycles. The van der Waals surface area contributed by atoms with E-state index in [0.717, 1.165) is 17.1 Å². The second-order valence-corrected chi connectivity index (χ2v) is 19.7. The first kappa shape index (κ1) is 41.2. The van der Waals surface area contributed by atoms with Crippen LogP contribution in [0.15, 0.2) is 273 Å². The van der Waals surface area contributed by atoms with Crippen LogP contribution in [0.25, 0.3) is 86.2 Å². The average molecular weight is 920 g/mol. The van der Waals surface area contributed by atoms with Gasteiger partial charge in [0.15, 0.2) is 0 Å². The third-order valence-corrected chi connectivity index (χ3v) is 16.2. The number of nitrogens with zero attached hydrogens (tertiary/aromatic N) is 1. The average Bonchev–Trinajstić information content (AvgIpc) is 3.98. The molecule has 332 valence electrons. The van der Waals surface area contributed by atoms with Gasteiger partial charge in [0.05, 0.1) is 11.1 Å². The fourth-order valence-corrected chi connectivity index (χ4v) is 13.1. The number of hydrogen-bond acceptors (Lipinski definition) is 2. The van der Waals surface area contributed by atoms with E-state index in [9.17, 15) is 0 Å². The van der Waals surface area contributed by atoms with Crippen molar-refractivity contribution in [3.8, 4) is 44.5 Å². The molecule has 14 rings (SSSR count). The van der Waals surface area contributed by atoms with Gasteiger partial charge < -0.3 is 4.90 Å². The molecule has 0 radical (unpaired) electrons. The van der Waals surface area contributed by atoms with Gasteiger partial charge in [-0.2, -0.15) is 0 Å². The van der Waals surface area contributed by atoms with Gasteiger partial charge in [-0.15, -0.1) is 11.3 Å². The van der Waals surface area contributed by atoms with Crippen LogP contribution < -0.4 is 4.90 Å². The summed E-state index contributed by atoms with van der Waals surface area (Å²) in [6.07, 6.45) is 0. The molecule has 13 aromatic rings. The van der Waals surface area contributed by atoms with Gasteiger partial charge in [0.1, 0.15) is 0 Å². The van der Waals surface area contributed by atoms with Crippen molar-refractivity contribution in [1.29, 1.82) is 0 Å². The second kappa shape index (κ2) is 16.7. The lowest BCUT2D eigenvalue weighted by Crippen LogP contribution is -2.28. The number of benzene rings is 12. The first-order valence-corrected chi connectivity index (χ1v) is 25.3. The number of anilines is 3. The van der Waals surface area contributed by atoms with Crippen LogP contribution in [-0.2, 0) is 5.41 Å². The number of thiophene rings is 1. The fraction of sp³-hybridized carbons (Fsp3) is 0.0145. The summed E-state index contributed by atoms with van der Waals surface area (Å²) >= 11 is 1.88. The Morgan fingerprint density at radius 1 is 0.296 bits per heavy atom. The molecule has 1 heterocycles. The summed E-state index contributed by atoms with van der Waals surface area (Å²) < 4.78 is 2.63. The Morgan fingerprint density at radius 2 is 0.775 bits per heavy atom. The maximum Gasteiger partial charge on any atom is 0.0713 e. The Bertz CT molecular complexity index is 4100. The number of hydrogen-bond donors (Lipinski definition) is 0. The van der Waals surface area contributed by atoms with Crippen molar-refractivity contribution >= 4 is 70.1 Å². The molecule has 0 bridgehead atoms. The highest BCUT2D eigenvalue weighted by molar-refractivity contribution is 7.26. The lowest BCUT2D eigenvalue weighted by atomic mass is 9.67. The van der Waals surface area contributed by atoms with Crippen molar-refractivity contribution in [2.24, 2.45) is 0 Å². The third kappa shape index (κ3) is 6.46. The molecule has 0 saturated heterocycles. The van der Waals surface area contributed by atoms with E-state index in [1.165, 1.54) is 108 Å². The van der Waals surface area contributed by atoms with Crippen LogP contribution in [0, 0.1) is 0 Å². The molecule has 0 amide bonds. The van der Waals surface area contributed by atoms with Crippen LogP contribution in [0.2, 0.25) is 0 Å². The van der Waals surface area contributed by atoms with Gasteiger partial charge in [0.2, 0.25) is 0 Å². The highest BCUT2D eigenvalue weighted by Crippen LogP contribution is 2.57. The molecule has 0 saturated carbocycles. The smallest absolute Gasteiger partial charge is 0.0713 e. The highest BCUT2D eigenvalue weighted by Gasteiger charge is 2.46. The van der Waals surface area contributed by atoms with Crippen LogP contribution in [0.5, 0.6) is 0 Å². The Hall–Kier alpha value is -8.82. The molecule has 1 aliphatic carbocycles. The highest BCUT2D eigenvalue weighted by atomic mass is 32.1. The zero-order valence-electron chi connectivity index (χ0n) is 38.8. The topological polar surface area (TPSA) is 3.24 Å². The van der Waals surface area contributed by atoms with Crippen LogP contribution >= 0.6 is 11.3 Å². The largest absolute Gasteiger partial charge is 0.309 e. The first-order chi connectivity index (χ1) is 35.2. The number of fused-ring (bicyclic) bond motifs is 9. The molecule has 1 aliphatic rings. The summed E-state index contributed by atoms with van der Waals surface area (Å²) in [5, 5.41) is 7.47. The Balaban J connectivity index is 1.03. The quantitative estimate of drug-likeness (QED) is 0.137. The van der Waals surface area contributed by atoms with Crippen LogP contribution in [-0.4, -0.2) is 0 Å². The van der Waals surface area contributed by atoms with Crippen molar-refractivity contribution < 1.29 is 0 Å². The molecule has 71 heavy (non-hydrogen) atoms. The monoisotopic (exact) mass is 919 g/mol. The van der Waals surface area contributed by atoms with E-state index in [0.29, 0.717) is 0 Å². The minimum atomic E-state index is -0.508. The van der Waals surface area contributed by atoms with Crippen molar-refractivity contribution in [1.82, 2.24) is 0 Å². The van der Waals surface area contributed by atoms with E-state index in [4.69, 9.17) is 0 Å². The van der Waals surface area contributed by atoms with Crippen molar-refractivity contribution in [2.75, 3.05) is 4.90 Å². The van der Waals surface area contributed by atoms with Crippen molar-refractivity contribution in [2.45, 2.75) is 5.41 Å². The minimum Gasteiger partial charge on any atom is -0.309 e. The van der Waals surface area contributed by atoms with Crippen molar-refractivity contribution in [3.63, 3.8) is 0 Å². The maximum atomic E-state index is 2.53. The molecule has 1 aromatic heterocycles.